The molecular formula is C17H22FN3O2. The van der Waals surface area contributed by atoms with Crippen LogP contribution in [-0.4, -0.2) is 22.6 Å². The van der Waals surface area contributed by atoms with Crippen molar-refractivity contribution in [1.29, 1.82) is 0 Å². The fraction of sp³-hybridized carbons (Fsp3) is 0.471. The van der Waals surface area contributed by atoms with E-state index in [1.807, 2.05) is 13.8 Å². The number of amides is 1. The van der Waals surface area contributed by atoms with Gasteiger partial charge in [-0.05, 0) is 30.5 Å². The van der Waals surface area contributed by atoms with Gasteiger partial charge in [-0.2, -0.15) is 4.98 Å². The normalized spacial score (nSPS) is 11.0. The molecule has 0 saturated carbocycles. The molecule has 0 radical (unpaired) electrons. The number of aryl methyl sites for hydroxylation is 1. The molecule has 1 aromatic carbocycles. The summed E-state index contributed by atoms with van der Waals surface area (Å²) in [5.74, 6) is 1.19. The van der Waals surface area contributed by atoms with Gasteiger partial charge in [-0.1, -0.05) is 31.1 Å². The first-order valence-electron chi connectivity index (χ1n) is 7.88. The van der Waals surface area contributed by atoms with E-state index < -0.39 is 0 Å². The van der Waals surface area contributed by atoms with Gasteiger partial charge in [0.2, 0.25) is 11.8 Å². The van der Waals surface area contributed by atoms with Crippen LogP contribution in [-0.2, 0) is 17.6 Å². The van der Waals surface area contributed by atoms with Crippen LogP contribution in [0.25, 0.3) is 0 Å². The molecule has 1 N–H and O–H groups in total. The molecule has 23 heavy (non-hydrogen) atoms. The molecule has 0 saturated heterocycles. The van der Waals surface area contributed by atoms with Crippen molar-refractivity contribution in [3.8, 4) is 0 Å². The van der Waals surface area contributed by atoms with E-state index >= 15 is 0 Å². The lowest BCUT2D eigenvalue weighted by molar-refractivity contribution is -0.121. The second-order valence-corrected chi connectivity index (χ2v) is 5.78. The van der Waals surface area contributed by atoms with Crippen LogP contribution in [0.4, 0.5) is 4.39 Å². The van der Waals surface area contributed by atoms with Gasteiger partial charge in [-0.25, -0.2) is 4.39 Å². The number of halogens is 1. The van der Waals surface area contributed by atoms with Crippen molar-refractivity contribution < 1.29 is 13.7 Å². The molecule has 124 valence electrons. The Morgan fingerprint density at radius 2 is 2.00 bits per heavy atom. The molecule has 2 aromatic rings. The first-order valence-corrected chi connectivity index (χ1v) is 7.88. The highest BCUT2D eigenvalue weighted by Crippen LogP contribution is 2.11. The van der Waals surface area contributed by atoms with E-state index in [0.29, 0.717) is 31.1 Å². The number of hydrogen-bond donors (Lipinski definition) is 1. The Balaban J connectivity index is 1.62. The molecule has 5 nitrogen and oxygen atoms in total. The fourth-order valence-corrected chi connectivity index (χ4v) is 2.11. The highest BCUT2D eigenvalue weighted by Gasteiger charge is 2.10. The molecule has 0 fully saturated rings. The van der Waals surface area contributed by atoms with Gasteiger partial charge in [-0.3, -0.25) is 4.79 Å². The van der Waals surface area contributed by atoms with Crippen LogP contribution >= 0.6 is 0 Å². The summed E-state index contributed by atoms with van der Waals surface area (Å²) in [5, 5.41) is 6.72. The number of hydrogen-bond acceptors (Lipinski definition) is 4. The average molecular weight is 319 g/mol. The minimum absolute atomic E-state index is 0.000287. The Labute approximate surface area is 135 Å². The first-order chi connectivity index (χ1) is 11.0. The van der Waals surface area contributed by atoms with Crippen LogP contribution < -0.4 is 5.32 Å². The quantitative estimate of drug-likeness (QED) is 0.812. The van der Waals surface area contributed by atoms with Gasteiger partial charge in [0.1, 0.15) is 5.82 Å². The van der Waals surface area contributed by atoms with E-state index in [4.69, 9.17) is 4.52 Å². The minimum Gasteiger partial charge on any atom is -0.356 e. The Morgan fingerprint density at radius 1 is 1.26 bits per heavy atom. The first kappa shape index (κ1) is 17.1. The number of carbonyl (C=O) groups excluding carboxylic acids is 1. The van der Waals surface area contributed by atoms with Gasteiger partial charge >= 0.3 is 0 Å². The SMILES string of the molecule is CC(C)c1nc(CCNC(=O)CCCc2ccc(F)cc2)no1. The van der Waals surface area contributed by atoms with Gasteiger partial charge in [-0.15, -0.1) is 0 Å². The largest absolute Gasteiger partial charge is 0.356 e. The second-order valence-electron chi connectivity index (χ2n) is 5.78. The van der Waals surface area contributed by atoms with Crippen LogP contribution in [0.15, 0.2) is 28.8 Å². The van der Waals surface area contributed by atoms with E-state index in [1.165, 1.54) is 12.1 Å². The molecule has 1 amide bonds. The zero-order chi connectivity index (χ0) is 16.7. The van der Waals surface area contributed by atoms with Gasteiger partial charge in [0.05, 0.1) is 0 Å². The van der Waals surface area contributed by atoms with Gasteiger partial charge in [0.15, 0.2) is 5.82 Å². The lowest BCUT2D eigenvalue weighted by Gasteiger charge is -2.04. The summed E-state index contributed by atoms with van der Waals surface area (Å²) in [6.07, 6.45) is 2.49. The molecule has 2 rings (SSSR count). The smallest absolute Gasteiger partial charge is 0.229 e. The highest BCUT2D eigenvalue weighted by molar-refractivity contribution is 5.75. The molecule has 0 aliphatic rings. The van der Waals surface area contributed by atoms with Crippen molar-refractivity contribution in [3.05, 3.63) is 47.4 Å². The molecule has 1 aromatic heterocycles. The van der Waals surface area contributed by atoms with Crippen molar-refractivity contribution in [2.75, 3.05) is 6.54 Å². The van der Waals surface area contributed by atoms with E-state index in [-0.39, 0.29) is 17.6 Å². The number of nitrogens with one attached hydrogen (secondary N) is 1. The summed E-state index contributed by atoms with van der Waals surface area (Å²) in [6.45, 7) is 4.47. The summed E-state index contributed by atoms with van der Waals surface area (Å²) in [4.78, 5) is 16.0. The average Bonchev–Trinajstić information content (AvgIpc) is 2.98. The van der Waals surface area contributed by atoms with E-state index in [9.17, 15) is 9.18 Å². The highest BCUT2D eigenvalue weighted by atomic mass is 19.1. The third-order valence-corrected chi connectivity index (χ3v) is 3.43. The summed E-state index contributed by atoms with van der Waals surface area (Å²) in [6, 6.07) is 6.36. The maximum absolute atomic E-state index is 12.8. The fourth-order valence-electron chi connectivity index (χ4n) is 2.11. The van der Waals surface area contributed by atoms with Crippen LogP contribution in [0.1, 0.15) is 49.9 Å². The summed E-state index contributed by atoms with van der Waals surface area (Å²) < 4.78 is 17.9. The lowest BCUT2D eigenvalue weighted by atomic mass is 10.1. The molecule has 0 aliphatic carbocycles. The minimum atomic E-state index is -0.242. The maximum Gasteiger partial charge on any atom is 0.229 e. The van der Waals surface area contributed by atoms with Crippen LogP contribution in [0.5, 0.6) is 0 Å². The Kier molecular flexibility index (Phi) is 6.26. The number of carbonyl (C=O) groups is 1. The molecule has 0 unspecified atom stereocenters. The third kappa shape index (κ3) is 5.81. The maximum atomic E-state index is 12.8. The lowest BCUT2D eigenvalue weighted by Crippen LogP contribution is -2.25. The van der Waals surface area contributed by atoms with Crippen molar-refractivity contribution in [3.63, 3.8) is 0 Å². The monoisotopic (exact) mass is 319 g/mol. The van der Waals surface area contributed by atoms with Crippen molar-refractivity contribution in [2.24, 2.45) is 0 Å². The summed E-state index contributed by atoms with van der Waals surface area (Å²) in [7, 11) is 0. The van der Waals surface area contributed by atoms with Crippen molar-refractivity contribution in [1.82, 2.24) is 15.5 Å². The van der Waals surface area contributed by atoms with E-state index in [0.717, 1.165) is 18.4 Å². The number of benzene rings is 1. The molecule has 0 spiro atoms. The summed E-state index contributed by atoms with van der Waals surface area (Å²) in [5.41, 5.74) is 1.03. The van der Waals surface area contributed by atoms with Crippen molar-refractivity contribution in [2.45, 2.75) is 45.4 Å². The predicted octanol–water partition coefficient (Wildman–Crippen LogP) is 3.01. The zero-order valence-electron chi connectivity index (χ0n) is 13.5. The second kappa shape index (κ2) is 8.41. The zero-order valence-corrected chi connectivity index (χ0v) is 13.5. The molecular weight excluding hydrogens is 297 g/mol. The Morgan fingerprint density at radius 3 is 2.65 bits per heavy atom. The third-order valence-electron chi connectivity index (χ3n) is 3.43. The van der Waals surface area contributed by atoms with E-state index in [2.05, 4.69) is 15.5 Å². The topological polar surface area (TPSA) is 68.0 Å². The predicted molar refractivity (Wildman–Crippen MR) is 84.4 cm³/mol. The summed E-state index contributed by atoms with van der Waals surface area (Å²) >= 11 is 0. The van der Waals surface area contributed by atoms with Crippen LogP contribution in [0.2, 0.25) is 0 Å². The van der Waals surface area contributed by atoms with Crippen LogP contribution in [0.3, 0.4) is 0 Å². The standard InChI is InChI=1S/C17H22FN3O2/c1-12(2)17-20-15(21-23-17)10-11-19-16(22)5-3-4-13-6-8-14(18)9-7-13/h6-9,12H,3-5,10-11H2,1-2H3,(H,19,22). The molecule has 1 heterocycles. The molecule has 0 bridgehead atoms. The molecule has 6 heteroatoms. The Bertz CT molecular complexity index is 623. The molecule has 0 aliphatic heterocycles. The van der Waals surface area contributed by atoms with Gasteiger partial charge < -0.3 is 9.84 Å². The van der Waals surface area contributed by atoms with Crippen molar-refractivity contribution >= 4 is 5.91 Å². The van der Waals surface area contributed by atoms with Gasteiger partial charge in [0.25, 0.3) is 0 Å². The van der Waals surface area contributed by atoms with Gasteiger partial charge in [0, 0.05) is 25.3 Å². The number of rotatable bonds is 8. The number of aromatic nitrogens is 2. The van der Waals surface area contributed by atoms with E-state index in [1.54, 1.807) is 12.1 Å². The van der Waals surface area contributed by atoms with Crippen LogP contribution in [0, 0.1) is 5.82 Å². The Hall–Kier alpha value is -2.24. The molecule has 0 atom stereocenters. The number of nitrogens with zero attached hydrogens (tertiary/aromatic N) is 2.